The van der Waals surface area contributed by atoms with Crippen LogP contribution in [0.25, 0.3) is 6.08 Å². The van der Waals surface area contributed by atoms with Gasteiger partial charge < -0.3 is 19.0 Å². The number of rotatable bonds is 7. The zero-order valence-corrected chi connectivity index (χ0v) is 17.4. The smallest absolute Gasteiger partial charge is 0.371 e. The number of benzene rings is 2. The summed E-state index contributed by atoms with van der Waals surface area (Å²) < 4.78 is 16.3. The van der Waals surface area contributed by atoms with Gasteiger partial charge >= 0.3 is 5.97 Å². The van der Waals surface area contributed by atoms with Crippen LogP contribution in [0.2, 0.25) is 0 Å². The molecule has 8 nitrogen and oxygen atoms in total. The van der Waals surface area contributed by atoms with E-state index in [1.807, 2.05) is 30.3 Å². The van der Waals surface area contributed by atoms with Crippen molar-refractivity contribution in [1.82, 2.24) is 0 Å². The van der Waals surface area contributed by atoms with Gasteiger partial charge in [0.2, 0.25) is 5.76 Å². The number of carbonyl (C=O) groups excluding carboxylic acids is 1. The first-order chi connectivity index (χ1) is 15.5. The van der Waals surface area contributed by atoms with Crippen molar-refractivity contribution < 1.29 is 28.6 Å². The number of para-hydroxylation sites is 1. The summed E-state index contributed by atoms with van der Waals surface area (Å²) >= 11 is 0. The van der Waals surface area contributed by atoms with E-state index in [2.05, 4.69) is 5.10 Å². The zero-order valence-electron chi connectivity index (χ0n) is 17.4. The molecule has 2 aromatic carbocycles. The van der Waals surface area contributed by atoms with Crippen LogP contribution < -0.4 is 14.5 Å². The highest BCUT2D eigenvalue weighted by Gasteiger charge is 2.28. The molecule has 0 unspecified atom stereocenters. The maximum atomic E-state index is 12.9. The van der Waals surface area contributed by atoms with Crippen molar-refractivity contribution in [2.75, 3.05) is 12.1 Å². The van der Waals surface area contributed by atoms with Crippen LogP contribution in [-0.4, -0.2) is 29.8 Å². The summed E-state index contributed by atoms with van der Waals surface area (Å²) in [6.45, 7) is 1.83. The fraction of sp³-hybridized carbons (Fsp3) is 0.125. The number of anilines is 1. The molecule has 32 heavy (non-hydrogen) atoms. The third-order valence-electron chi connectivity index (χ3n) is 4.80. The highest BCUT2D eigenvalue weighted by molar-refractivity contribution is 6.32. The van der Waals surface area contributed by atoms with Gasteiger partial charge in [0.25, 0.3) is 5.91 Å². The minimum absolute atomic E-state index is 0.0420. The predicted octanol–water partition coefficient (Wildman–Crippen LogP) is 4.37. The van der Waals surface area contributed by atoms with Crippen LogP contribution in [0.3, 0.4) is 0 Å². The minimum Gasteiger partial charge on any atom is -0.493 e. The molecule has 0 atom stereocenters. The van der Waals surface area contributed by atoms with Crippen molar-refractivity contribution >= 4 is 29.4 Å². The number of carboxylic acids is 1. The highest BCUT2D eigenvalue weighted by Crippen LogP contribution is 2.31. The molecule has 8 heteroatoms. The van der Waals surface area contributed by atoms with E-state index in [-0.39, 0.29) is 18.3 Å². The van der Waals surface area contributed by atoms with Crippen LogP contribution in [0.15, 0.2) is 75.8 Å². The van der Waals surface area contributed by atoms with Gasteiger partial charge in [-0.05, 0) is 55.0 Å². The third kappa shape index (κ3) is 4.24. The number of amides is 1. The van der Waals surface area contributed by atoms with Gasteiger partial charge in [-0.2, -0.15) is 10.1 Å². The summed E-state index contributed by atoms with van der Waals surface area (Å²) in [6, 6.07) is 17.4. The molecule has 1 amide bonds. The first kappa shape index (κ1) is 20.9. The van der Waals surface area contributed by atoms with Gasteiger partial charge in [-0.15, -0.1) is 0 Å². The Balaban J connectivity index is 1.52. The molecule has 0 spiro atoms. The lowest BCUT2D eigenvalue weighted by Crippen LogP contribution is -2.21. The van der Waals surface area contributed by atoms with Crippen LogP contribution in [0.4, 0.5) is 5.69 Å². The van der Waals surface area contributed by atoms with Crippen molar-refractivity contribution in [2.45, 2.75) is 13.5 Å². The van der Waals surface area contributed by atoms with Crippen LogP contribution in [0.1, 0.15) is 28.8 Å². The number of furan rings is 1. The first-order valence-corrected chi connectivity index (χ1v) is 9.76. The van der Waals surface area contributed by atoms with Gasteiger partial charge in [-0.25, -0.2) is 4.79 Å². The lowest BCUT2D eigenvalue weighted by atomic mass is 10.1. The van der Waals surface area contributed by atoms with Gasteiger partial charge in [0.1, 0.15) is 12.4 Å². The van der Waals surface area contributed by atoms with E-state index in [1.165, 1.54) is 18.2 Å². The monoisotopic (exact) mass is 432 g/mol. The van der Waals surface area contributed by atoms with Crippen LogP contribution in [0.5, 0.6) is 11.5 Å². The second kappa shape index (κ2) is 8.81. The molecule has 1 aliphatic heterocycles. The number of carboxylic acid groups (broad SMARTS) is 1. The van der Waals surface area contributed by atoms with Crippen LogP contribution in [-0.2, 0) is 11.4 Å². The second-order valence-corrected chi connectivity index (χ2v) is 6.97. The number of hydrogen-bond acceptors (Lipinski definition) is 6. The lowest BCUT2D eigenvalue weighted by Gasteiger charge is -2.12. The summed E-state index contributed by atoms with van der Waals surface area (Å²) in [4.78, 5) is 23.8. The Morgan fingerprint density at radius 1 is 1.12 bits per heavy atom. The maximum absolute atomic E-state index is 12.9. The van der Waals surface area contributed by atoms with E-state index in [9.17, 15) is 9.59 Å². The fourth-order valence-corrected chi connectivity index (χ4v) is 3.21. The Bertz CT molecular complexity index is 1230. The summed E-state index contributed by atoms with van der Waals surface area (Å²) in [5.74, 6) is -0.209. The topological polar surface area (TPSA) is 102 Å². The molecule has 0 fully saturated rings. The SMILES string of the molecule is COc1cc(/C=C2\C(=O)N(c3ccccc3)N=C2C)ccc1OCc1ccc(C(=O)O)o1. The Morgan fingerprint density at radius 3 is 2.59 bits per heavy atom. The third-order valence-corrected chi connectivity index (χ3v) is 4.80. The zero-order chi connectivity index (χ0) is 22.7. The molecule has 0 saturated carbocycles. The number of ether oxygens (including phenoxy) is 2. The Kier molecular flexibility index (Phi) is 5.76. The van der Waals surface area contributed by atoms with Crippen LogP contribution >= 0.6 is 0 Å². The Morgan fingerprint density at radius 2 is 1.91 bits per heavy atom. The van der Waals surface area contributed by atoms with Crippen LogP contribution in [0, 0.1) is 0 Å². The fourth-order valence-electron chi connectivity index (χ4n) is 3.21. The number of aromatic carboxylic acids is 1. The van der Waals surface area contributed by atoms with E-state index in [1.54, 1.807) is 37.3 Å². The molecule has 162 valence electrons. The van der Waals surface area contributed by atoms with Gasteiger partial charge in [0, 0.05) is 0 Å². The summed E-state index contributed by atoms with van der Waals surface area (Å²) in [6.07, 6.45) is 1.75. The van der Waals surface area contributed by atoms with Crippen molar-refractivity contribution in [3.05, 3.63) is 83.3 Å². The maximum Gasteiger partial charge on any atom is 0.371 e. The first-order valence-electron chi connectivity index (χ1n) is 9.76. The lowest BCUT2D eigenvalue weighted by molar-refractivity contribution is -0.114. The number of methoxy groups -OCH3 is 1. The number of nitrogens with zero attached hydrogens (tertiary/aromatic N) is 2. The average Bonchev–Trinajstić information content (AvgIpc) is 3.39. The molecule has 0 aliphatic carbocycles. The molecule has 1 aromatic heterocycles. The van der Waals surface area contributed by atoms with Crippen molar-refractivity contribution in [3.63, 3.8) is 0 Å². The quantitative estimate of drug-likeness (QED) is 0.556. The summed E-state index contributed by atoms with van der Waals surface area (Å²) in [5, 5.41) is 14.7. The summed E-state index contributed by atoms with van der Waals surface area (Å²) in [7, 11) is 1.51. The molecule has 0 bridgehead atoms. The minimum atomic E-state index is -1.14. The van der Waals surface area contributed by atoms with E-state index >= 15 is 0 Å². The molecule has 0 saturated heterocycles. The second-order valence-electron chi connectivity index (χ2n) is 6.97. The van der Waals surface area contributed by atoms with Gasteiger partial charge in [0.15, 0.2) is 11.5 Å². The largest absolute Gasteiger partial charge is 0.493 e. The van der Waals surface area contributed by atoms with Gasteiger partial charge in [0.05, 0.1) is 24.1 Å². The van der Waals surface area contributed by atoms with Gasteiger partial charge in [-0.3, -0.25) is 4.79 Å². The Labute approximate surface area is 184 Å². The van der Waals surface area contributed by atoms with Crippen molar-refractivity contribution in [1.29, 1.82) is 0 Å². The van der Waals surface area contributed by atoms with Crippen molar-refractivity contribution in [3.8, 4) is 11.5 Å². The van der Waals surface area contributed by atoms with Crippen molar-refractivity contribution in [2.24, 2.45) is 5.10 Å². The highest BCUT2D eigenvalue weighted by atomic mass is 16.5. The molecule has 1 N–H and O–H groups in total. The molecule has 3 aromatic rings. The average molecular weight is 432 g/mol. The van der Waals surface area contributed by atoms with E-state index in [0.717, 1.165) is 5.56 Å². The van der Waals surface area contributed by atoms with E-state index < -0.39 is 5.97 Å². The van der Waals surface area contributed by atoms with E-state index in [4.69, 9.17) is 19.0 Å². The molecular weight excluding hydrogens is 412 g/mol. The predicted molar refractivity (Wildman–Crippen MR) is 118 cm³/mol. The number of hydrogen-bond donors (Lipinski definition) is 1. The molecular formula is C24H20N2O6. The molecule has 4 rings (SSSR count). The summed E-state index contributed by atoms with van der Waals surface area (Å²) in [5.41, 5.74) is 2.55. The number of hydrazone groups is 1. The molecule has 2 heterocycles. The molecule has 0 radical (unpaired) electrons. The molecule has 1 aliphatic rings. The Hall–Kier alpha value is -4.33. The van der Waals surface area contributed by atoms with Gasteiger partial charge in [-0.1, -0.05) is 24.3 Å². The normalized spacial score (nSPS) is 14.6. The van der Waals surface area contributed by atoms with E-state index in [0.29, 0.717) is 34.2 Å². The number of carbonyl (C=O) groups is 2. The standard InChI is InChI=1S/C24H20N2O6/c1-15-19(23(27)26(25-15)17-6-4-3-5-7-17)12-16-8-10-20(22(13-16)30-2)31-14-18-9-11-21(32-18)24(28)29/h3-13H,14H2,1-2H3,(H,28,29)/b19-12-.